The molecule has 4 aliphatic carbocycles. The predicted octanol–water partition coefficient (Wildman–Crippen LogP) is 4.81. The minimum Gasteiger partial charge on any atom is -0.462 e. The lowest BCUT2D eigenvalue weighted by molar-refractivity contribution is -0.171. The van der Waals surface area contributed by atoms with E-state index in [2.05, 4.69) is 19.9 Å². The van der Waals surface area contributed by atoms with Crippen LogP contribution in [0.25, 0.3) is 0 Å². The van der Waals surface area contributed by atoms with Gasteiger partial charge in [-0.3, -0.25) is 9.59 Å². The first-order valence-corrected chi connectivity index (χ1v) is 10.8. The molecule has 3 fully saturated rings. The monoisotopic (exact) mass is 374 g/mol. The minimum absolute atomic E-state index is 0.116. The number of hydrogen-bond acceptors (Lipinski definition) is 4. The van der Waals surface area contributed by atoms with Gasteiger partial charge in [-0.05, 0) is 55.3 Å². The van der Waals surface area contributed by atoms with Gasteiger partial charge in [0.25, 0.3) is 0 Å². The van der Waals surface area contributed by atoms with E-state index in [1.54, 1.807) is 0 Å². The lowest BCUT2D eigenvalue weighted by Crippen LogP contribution is -2.56. The lowest BCUT2D eigenvalue weighted by atomic mass is 9.47. The number of hydrogen-bond donors (Lipinski definition) is 0. The van der Waals surface area contributed by atoms with E-state index in [1.807, 2.05) is 0 Å². The van der Waals surface area contributed by atoms with Gasteiger partial charge >= 0.3 is 11.9 Å². The minimum atomic E-state index is -0.251. The maximum atomic E-state index is 11.9. The van der Waals surface area contributed by atoms with Crippen molar-refractivity contribution in [2.24, 2.45) is 28.6 Å². The van der Waals surface area contributed by atoms with Gasteiger partial charge < -0.3 is 9.47 Å². The molecule has 4 rings (SSSR count). The number of carbonyl (C=O) groups is 2. The number of fused-ring (bicyclic) bond motifs is 5. The van der Waals surface area contributed by atoms with E-state index in [0.717, 1.165) is 18.8 Å². The Kier molecular flexibility index (Phi) is 4.67. The molecule has 4 nitrogen and oxygen atoms in total. The highest BCUT2D eigenvalue weighted by molar-refractivity contribution is 5.67. The van der Waals surface area contributed by atoms with Crippen LogP contribution in [0.4, 0.5) is 0 Å². The van der Waals surface area contributed by atoms with Gasteiger partial charge in [0, 0.05) is 32.1 Å². The Morgan fingerprint density at radius 2 is 1.78 bits per heavy atom. The molecule has 4 aliphatic rings. The summed E-state index contributed by atoms with van der Waals surface area (Å²) in [6, 6.07) is 0. The second-order valence-electron chi connectivity index (χ2n) is 9.98. The van der Waals surface area contributed by atoms with Crippen LogP contribution in [0.15, 0.2) is 11.6 Å². The van der Waals surface area contributed by atoms with Crippen molar-refractivity contribution in [2.75, 3.05) is 0 Å². The highest BCUT2D eigenvalue weighted by Crippen LogP contribution is 2.65. The summed E-state index contributed by atoms with van der Waals surface area (Å²) in [6.07, 6.45) is 11.2. The summed E-state index contributed by atoms with van der Waals surface area (Å²) < 4.78 is 11.4. The fraction of sp³-hybridized carbons (Fsp3) is 0.826. The van der Waals surface area contributed by atoms with E-state index in [-0.39, 0.29) is 29.6 Å². The van der Waals surface area contributed by atoms with Crippen LogP contribution < -0.4 is 0 Å². The fourth-order valence-electron chi connectivity index (χ4n) is 7.35. The molecule has 0 aromatic rings. The number of rotatable bonds is 2. The summed E-state index contributed by atoms with van der Waals surface area (Å²) in [6.45, 7) is 7.79. The topological polar surface area (TPSA) is 52.6 Å². The predicted molar refractivity (Wildman–Crippen MR) is 103 cm³/mol. The van der Waals surface area contributed by atoms with E-state index in [9.17, 15) is 9.59 Å². The number of ether oxygens (including phenoxy) is 2. The lowest BCUT2D eigenvalue weighted by Gasteiger charge is -2.59. The summed E-state index contributed by atoms with van der Waals surface area (Å²) in [4.78, 5) is 23.4. The Bertz CT molecular complexity index is 667. The molecule has 0 spiro atoms. The molecule has 3 saturated carbocycles. The Hall–Kier alpha value is -1.32. The average Bonchev–Trinajstić information content (AvgIpc) is 2.97. The highest BCUT2D eigenvalue weighted by Gasteiger charge is 2.59. The molecule has 0 amide bonds. The third-order valence-electron chi connectivity index (χ3n) is 8.55. The average molecular weight is 375 g/mol. The van der Waals surface area contributed by atoms with Gasteiger partial charge in [0.1, 0.15) is 12.2 Å². The van der Waals surface area contributed by atoms with Crippen LogP contribution in [0.3, 0.4) is 0 Å². The zero-order valence-electron chi connectivity index (χ0n) is 17.3. The van der Waals surface area contributed by atoms with Crippen molar-refractivity contribution >= 4 is 11.9 Å². The maximum Gasteiger partial charge on any atom is 0.302 e. The van der Waals surface area contributed by atoms with Crippen molar-refractivity contribution in [3.63, 3.8) is 0 Å². The van der Waals surface area contributed by atoms with E-state index in [4.69, 9.17) is 9.47 Å². The van der Waals surface area contributed by atoms with E-state index in [0.29, 0.717) is 23.7 Å². The van der Waals surface area contributed by atoms with Gasteiger partial charge in [-0.25, -0.2) is 0 Å². The smallest absolute Gasteiger partial charge is 0.302 e. The van der Waals surface area contributed by atoms with Crippen molar-refractivity contribution in [3.05, 3.63) is 11.6 Å². The Labute approximate surface area is 163 Å². The molecule has 0 saturated heterocycles. The summed E-state index contributed by atoms with van der Waals surface area (Å²) in [5.41, 5.74) is 1.75. The molecule has 0 N–H and O–H groups in total. The second-order valence-corrected chi connectivity index (χ2v) is 9.98. The van der Waals surface area contributed by atoms with Crippen LogP contribution in [0.2, 0.25) is 0 Å². The summed E-state index contributed by atoms with van der Waals surface area (Å²) in [5, 5.41) is 0. The standard InChI is InChI=1S/C23H34O4/c1-14(24)26-17-12-16-7-8-18-19-6-5-10-22(19,3)11-9-20(18)23(16,4)21(13-17)27-15(2)25/h7,17-21H,5-6,8-13H2,1-4H3/t17?,18-,19-,20-,21?,22-,23-/m0/s1. The largest absolute Gasteiger partial charge is 0.462 e. The van der Waals surface area contributed by atoms with E-state index in [1.165, 1.54) is 51.5 Å². The molecular weight excluding hydrogens is 340 g/mol. The quantitative estimate of drug-likeness (QED) is 0.514. The molecule has 2 unspecified atom stereocenters. The molecule has 0 radical (unpaired) electrons. The summed E-state index contributed by atoms with van der Waals surface area (Å²) in [5.74, 6) is 1.58. The third-order valence-corrected chi connectivity index (χ3v) is 8.55. The highest BCUT2D eigenvalue weighted by atomic mass is 16.6. The molecular formula is C23H34O4. The van der Waals surface area contributed by atoms with Crippen molar-refractivity contribution in [2.45, 2.75) is 91.3 Å². The van der Waals surface area contributed by atoms with Crippen LogP contribution in [-0.2, 0) is 19.1 Å². The first-order valence-electron chi connectivity index (χ1n) is 10.8. The van der Waals surface area contributed by atoms with Gasteiger partial charge in [0.05, 0.1) is 0 Å². The normalized spacial score (nSPS) is 45.8. The Morgan fingerprint density at radius 3 is 2.48 bits per heavy atom. The zero-order chi connectivity index (χ0) is 19.4. The van der Waals surface area contributed by atoms with Crippen molar-refractivity contribution in [3.8, 4) is 0 Å². The zero-order valence-corrected chi connectivity index (χ0v) is 17.3. The van der Waals surface area contributed by atoms with Crippen molar-refractivity contribution in [1.29, 1.82) is 0 Å². The molecule has 0 heterocycles. The van der Waals surface area contributed by atoms with Crippen molar-refractivity contribution in [1.82, 2.24) is 0 Å². The van der Waals surface area contributed by atoms with Crippen LogP contribution in [0, 0.1) is 28.6 Å². The van der Waals surface area contributed by atoms with Crippen LogP contribution >= 0.6 is 0 Å². The van der Waals surface area contributed by atoms with Gasteiger partial charge in [-0.2, -0.15) is 0 Å². The first kappa shape index (κ1) is 19.0. The second kappa shape index (κ2) is 6.63. The van der Waals surface area contributed by atoms with Crippen LogP contribution in [0.5, 0.6) is 0 Å². The molecule has 7 atom stereocenters. The van der Waals surface area contributed by atoms with Gasteiger partial charge in [-0.1, -0.05) is 31.9 Å². The number of esters is 2. The van der Waals surface area contributed by atoms with E-state index < -0.39 is 0 Å². The molecule has 0 aromatic carbocycles. The van der Waals surface area contributed by atoms with Gasteiger partial charge in [-0.15, -0.1) is 0 Å². The third kappa shape index (κ3) is 3.03. The number of allylic oxidation sites excluding steroid dienone is 1. The summed E-state index contributed by atoms with van der Waals surface area (Å²) in [7, 11) is 0. The summed E-state index contributed by atoms with van der Waals surface area (Å²) >= 11 is 0. The SMILES string of the molecule is CC(=O)OC1CC2=CC[C@H]3[C@@H]4CCC[C@@]4(C)CC[C@@H]3[C@@]2(C)C(OC(C)=O)C1. The van der Waals surface area contributed by atoms with Crippen LogP contribution in [-0.4, -0.2) is 24.1 Å². The first-order chi connectivity index (χ1) is 12.7. The van der Waals surface area contributed by atoms with Crippen molar-refractivity contribution < 1.29 is 19.1 Å². The van der Waals surface area contributed by atoms with Gasteiger partial charge in [0.15, 0.2) is 0 Å². The maximum absolute atomic E-state index is 11.9. The Morgan fingerprint density at radius 1 is 1.04 bits per heavy atom. The molecule has 27 heavy (non-hydrogen) atoms. The molecule has 0 bridgehead atoms. The Balaban J connectivity index is 1.68. The van der Waals surface area contributed by atoms with Crippen LogP contribution in [0.1, 0.15) is 79.1 Å². The molecule has 150 valence electrons. The fourth-order valence-corrected chi connectivity index (χ4v) is 7.35. The van der Waals surface area contributed by atoms with Gasteiger partial charge in [0.2, 0.25) is 0 Å². The molecule has 0 aromatic heterocycles. The molecule has 4 heteroatoms. The van der Waals surface area contributed by atoms with E-state index >= 15 is 0 Å². The molecule has 0 aliphatic heterocycles. The number of carbonyl (C=O) groups excluding carboxylic acids is 2.